The van der Waals surface area contributed by atoms with Crippen molar-refractivity contribution < 1.29 is 40.9 Å². The molecule has 650 valence electrons. The Kier molecular flexibility index (Phi) is 39.0. The number of benzene rings is 10. The molecule has 21 nitrogen and oxygen atoms in total. The van der Waals surface area contributed by atoms with Crippen LogP contribution in [0.25, 0.3) is 84.2 Å². The van der Waals surface area contributed by atoms with E-state index in [1.54, 1.807) is 0 Å². The number of carbonyl (C=O) groups excluding carboxylic acids is 5. The van der Waals surface area contributed by atoms with E-state index in [2.05, 4.69) is 140 Å². The van der Waals surface area contributed by atoms with Crippen LogP contribution in [0.1, 0.15) is 137 Å². The van der Waals surface area contributed by atoms with Gasteiger partial charge in [-0.1, -0.05) is 182 Å². The topological polar surface area (TPSA) is 369 Å². The number of carbonyl (C=O) groups is 5. The van der Waals surface area contributed by atoms with Crippen molar-refractivity contribution in [1.82, 2.24) is 36.8 Å². The zero-order chi connectivity index (χ0) is 85.8. The fourth-order valence-corrected chi connectivity index (χ4v) is 17.2. The molecular weight excluding hydrogens is 1550 g/mol. The quantitative estimate of drug-likeness (QED) is 0.0127. The minimum Gasteiger partial charge on any atom is -1.00 e. The minimum atomic E-state index is 0. The Hall–Kier alpha value is -9.80. The zero-order valence-corrected chi connectivity index (χ0v) is 72.4. The van der Waals surface area contributed by atoms with Gasteiger partial charge in [-0.2, -0.15) is 0 Å². The summed E-state index contributed by atoms with van der Waals surface area (Å²) in [6.45, 7) is 21.1. The van der Waals surface area contributed by atoms with Crippen molar-refractivity contribution in [1.29, 1.82) is 0 Å². The standard InChI is InChI=1S/C23H32N4O.C21H27N3O.C20H27N4O.C19H22N2O.C18H21N3O.ClH/c24-10-12-26-14-16-27-15-13-25-11-2-1-5-20-17-19-8-3-6-18-7-4-9-21(22(18)19)23(20)28;22-10-12-24-14-13-23-11-2-1-5-18-15-17-8-3-6-16-7-4-9-19(20(16)17)21(18)25;21-7-10-24(11-8-22,12-9-23)14-17-13-16-5-1-3-15-4-2-6-18(19(15)16)20(17)25;20-10-12-21-11-2-1-5-16-13-15-8-3-6-14-7-4-9-17(18(14)15)19(16)22;19-7-9-21(10-8-20)12-15-11-14-5-1-3-13-4-2-6-16(17(13)14)18(15)22;/h3-4,6-9,17,25-27H,1-2,5,10-16,24H2;3-4,6-9,15,23-24H,1-2,5,10-14,22H2;1-6,13H,7-12,14,21-23H2;3-4,6-9,13,21H,1-2,5,10-12,20H2;1-6,11H,7-10,12,19-20H2;1H/q;;+1;;;/p-1. The van der Waals surface area contributed by atoms with Crippen LogP contribution in [-0.4, -0.2) is 215 Å². The van der Waals surface area contributed by atoms with Crippen LogP contribution in [0, 0.1) is 0 Å². The molecule has 0 heterocycles. The van der Waals surface area contributed by atoms with Gasteiger partial charge in [0, 0.05) is 208 Å². The van der Waals surface area contributed by atoms with Crippen molar-refractivity contribution in [3.8, 4) is 0 Å². The molecule has 22 heteroatoms. The van der Waals surface area contributed by atoms with Gasteiger partial charge in [0.25, 0.3) is 0 Å². The second-order valence-corrected chi connectivity index (χ2v) is 31.9. The Bertz CT molecular complexity index is 5340. The average molecular weight is 1680 g/mol. The molecule has 123 heavy (non-hydrogen) atoms. The summed E-state index contributed by atoms with van der Waals surface area (Å²) in [5.41, 5.74) is 59.5. The maximum absolute atomic E-state index is 13.1. The van der Waals surface area contributed by atoms with Crippen molar-refractivity contribution in [2.75, 3.05) is 177 Å². The third kappa shape index (κ3) is 25.7. The Morgan fingerprint density at radius 3 is 0.764 bits per heavy atom. The smallest absolute Gasteiger partial charge is 0.195 e. The first kappa shape index (κ1) is 95.4. The largest absolute Gasteiger partial charge is 1.00 e. The SMILES string of the molecule is NCCN(CCN)CC1=Cc2cccc3cccc(c23)C1=O.NCCNCCCCC1=Cc2cccc3cccc(c23)C1=O.NCCNCCNCCCCC1=Cc2cccc3cccc(c23)C1=O.NCCNCCNCCNCCCCC1=Cc2cccc3cccc(c23)C1=O.NCC[N+](CCN)(CCN)CC1=Cc2cccc3cccc(c23)C1=O.[Cl-]. The lowest BCUT2D eigenvalue weighted by molar-refractivity contribution is -0.919. The fourth-order valence-electron chi connectivity index (χ4n) is 17.2. The van der Waals surface area contributed by atoms with Crippen molar-refractivity contribution >= 4 is 113 Å². The van der Waals surface area contributed by atoms with E-state index in [1.807, 2.05) is 109 Å². The normalized spacial score (nSPS) is 13.4. The summed E-state index contributed by atoms with van der Waals surface area (Å²) in [5.74, 6) is 0.813. The molecule has 0 saturated heterocycles. The molecule has 0 aliphatic heterocycles. The van der Waals surface area contributed by atoms with Crippen molar-refractivity contribution in [2.45, 2.75) is 57.8 Å². The first-order chi connectivity index (χ1) is 59.8. The van der Waals surface area contributed by atoms with Gasteiger partial charge in [-0.3, -0.25) is 28.9 Å². The second-order valence-electron chi connectivity index (χ2n) is 31.9. The van der Waals surface area contributed by atoms with Crippen LogP contribution in [0.15, 0.2) is 210 Å². The summed E-state index contributed by atoms with van der Waals surface area (Å²) in [5, 5.41) is 31.1. The maximum Gasteiger partial charge on any atom is 0.195 e. The number of quaternary nitrogens is 1. The number of hydrogen-bond donors (Lipinski definition) is 14. The van der Waals surface area contributed by atoms with Gasteiger partial charge in [0.1, 0.15) is 6.54 Å². The Balaban J connectivity index is 0.000000161. The predicted molar refractivity (Wildman–Crippen MR) is 509 cm³/mol. The van der Waals surface area contributed by atoms with Crippen molar-refractivity contribution in [3.05, 3.63) is 265 Å². The Labute approximate surface area is 732 Å². The number of nitrogens with zero attached hydrogens (tertiary/aromatic N) is 2. The molecule has 5 aliphatic carbocycles. The molecular formula is C101H129ClN16O5. The number of Topliss-reactive ketones (excluding diaryl/α,β-unsaturated/α-hetero) is 5. The molecule has 0 saturated carbocycles. The summed E-state index contributed by atoms with van der Waals surface area (Å²) in [6, 6.07) is 60.8. The van der Waals surface area contributed by atoms with Gasteiger partial charge in [-0.05, 0) is 163 Å². The molecule has 0 amide bonds. The van der Waals surface area contributed by atoms with E-state index in [-0.39, 0.29) is 41.3 Å². The third-order valence-corrected chi connectivity index (χ3v) is 23.2. The number of nitrogens with two attached hydrogens (primary N) is 8. The van der Waals surface area contributed by atoms with E-state index in [0.29, 0.717) is 69.9 Å². The molecule has 0 aromatic heterocycles. The Morgan fingerprint density at radius 1 is 0.252 bits per heavy atom. The van der Waals surface area contributed by atoms with Crippen LogP contribution >= 0.6 is 0 Å². The van der Waals surface area contributed by atoms with Crippen molar-refractivity contribution in [3.63, 3.8) is 0 Å². The molecule has 10 aromatic rings. The number of nitrogens with one attached hydrogen (secondary N) is 6. The van der Waals surface area contributed by atoms with Crippen molar-refractivity contribution in [2.24, 2.45) is 45.9 Å². The molecule has 0 fully saturated rings. The van der Waals surface area contributed by atoms with E-state index < -0.39 is 0 Å². The zero-order valence-electron chi connectivity index (χ0n) is 71.6. The van der Waals surface area contributed by atoms with Gasteiger partial charge >= 0.3 is 0 Å². The highest BCUT2D eigenvalue weighted by molar-refractivity contribution is 6.26. The summed E-state index contributed by atoms with van der Waals surface area (Å²) in [7, 11) is 0. The third-order valence-electron chi connectivity index (χ3n) is 23.2. The molecule has 0 spiro atoms. The van der Waals surface area contributed by atoms with Gasteiger partial charge in [0.05, 0.1) is 25.2 Å². The highest BCUT2D eigenvalue weighted by Crippen LogP contribution is 2.38. The van der Waals surface area contributed by atoms with E-state index >= 15 is 0 Å². The number of halogens is 1. The summed E-state index contributed by atoms with van der Waals surface area (Å²) in [6.07, 6.45) is 19.1. The molecule has 5 aliphatic rings. The van der Waals surface area contributed by atoms with Crippen LogP contribution in [0.4, 0.5) is 0 Å². The van der Waals surface area contributed by atoms with Gasteiger partial charge in [0.15, 0.2) is 28.9 Å². The van der Waals surface area contributed by atoms with Gasteiger partial charge < -0.3 is 94.7 Å². The molecule has 22 N–H and O–H groups in total. The fraction of sp³-hybridized carbons (Fsp3) is 0.356. The lowest BCUT2D eigenvalue weighted by Crippen LogP contribution is -3.00. The number of ketones is 5. The first-order valence-electron chi connectivity index (χ1n) is 44.1. The van der Waals surface area contributed by atoms with Gasteiger partial charge in [-0.15, -0.1) is 0 Å². The number of unbranched alkanes of at least 4 members (excludes halogenated alkanes) is 3. The second kappa shape index (κ2) is 50.2. The van der Waals surface area contributed by atoms with E-state index in [9.17, 15) is 24.0 Å². The van der Waals surface area contributed by atoms with E-state index in [0.717, 1.165) is 290 Å². The molecule has 0 bridgehead atoms. The van der Waals surface area contributed by atoms with Crippen LogP contribution in [0.3, 0.4) is 0 Å². The van der Waals surface area contributed by atoms with Crippen LogP contribution < -0.4 is 90.2 Å². The highest BCUT2D eigenvalue weighted by Gasteiger charge is 2.33. The molecule has 15 rings (SSSR count). The maximum atomic E-state index is 13.1. The number of rotatable bonds is 44. The molecule has 0 atom stereocenters. The minimum absolute atomic E-state index is 0. The van der Waals surface area contributed by atoms with Crippen LogP contribution in [0.5, 0.6) is 0 Å². The molecule has 0 unspecified atom stereocenters. The number of hydrogen-bond acceptors (Lipinski definition) is 20. The lowest BCUT2D eigenvalue weighted by atomic mass is 9.86. The monoisotopic (exact) mass is 1680 g/mol. The predicted octanol–water partition coefficient (Wildman–Crippen LogP) is 7.94. The summed E-state index contributed by atoms with van der Waals surface area (Å²) in [4.78, 5) is 66.3. The Morgan fingerprint density at radius 2 is 0.488 bits per heavy atom. The van der Waals surface area contributed by atoms with Crippen LogP contribution in [-0.2, 0) is 0 Å². The first-order valence-corrected chi connectivity index (χ1v) is 44.1. The lowest BCUT2D eigenvalue weighted by Gasteiger charge is -2.39. The average Bonchev–Trinajstić information content (AvgIpc) is 0.854. The van der Waals surface area contributed by atoms with E-state index in [4.69, 9.17) is 45.9 Å². The molecule has 0 radical (unpaired) electrons. The van der Waals surface area contributed by atoms with Gasteiger partial charge in [-0.25, -0.2) is 0 Å². The summed E-state index contributed by atoms with van der Waals surface area (Å²) < 4.78 is 0.666. The summed E-state index contributed by atoms with van der Waals surface area (Å²) >= 11 is 0. The highest BCUT2D eigenvalue weighted by atomic mass is 35.5. The van der Waals surface area contributed by atoms with Crippen LogP contribution in [0.2, 0.25) is 0 Å². The van der Waals surface area contributed by atoms with Gasteiger partial charge in [0.2, 0.25) is 0 Å². The molecule has 10 aromatic carbocycles. The van der Waals surface area contributed by atoms with E-state index in [1.165, 1.54) is 16.7 Å². The number of allylic oxidation sites excluding steroid dienone is 3.